The molecule has 2 amide bonds. The zero-order valence-corrected chi connectivity index (χ0v) is 17.3. The number of aryl methyl sites for hydroxylation is 2. The van der Waals surface area contributed by atoms with Crippen LogP contribution in [0, 0.1) is 19.8 Å². The summed E-state index contributed by atoms with van der Waals surface area (Å²) >= 11 is 0. The Morgan fingerprint density at radius 2 is 1.93 bits per heavy atom. The van der Waals surface area contributed by atoms with Gasteiger partial charge in [0.05, 0.1) is 24.5 Å². The van der Waals surface area contributed by atoms with Crippen molar-refractivity contribution in [3.8, 4) is 5.75 Å². The van der Waals surface area contributed by atoms with E-state index in [0.717, 1.165) is 49.4 Å². The fourth-order valence-corrected chi connectivity index (χ4v) is 3.96. The maximum atomic E-state index is 12.6. The van der Waals surface area contributed by atoms with Gasteiger partial charge in [-0.1, -0.05) is 6.07 Å². The number of urea groups is 1. The molecule has 1 aliphatic heterocycles. The zero-order valence-electron chi connectivity index (χ0n) is 17.3. The minimum absolute atomic E-state index is 0.0455. The van der Waals surface area contributed by atoms with E-state index in [0.29, 0.717) is 5.92 Å². The average molecular weight is 393 g/mol. The molecule has 1 fully saturated rings. The number of imidazole rings is 1. The van der Waals surface area contributed by atoms with Gasteiger partial charge in [0, 0.05) is 31.4 Å². The maximum Gasteiger partial charge on any atom is 0.321 e. The van der Waals surface area contributed by atoms with Crippen LogP contribution in [0.25, 0.3) is 11.0 Å². The van der Waals surface area contributed by atoms with Crippen molar-refractivity contribution in [2.24, 2.45) is 5.92 Å². The van der Waals surface area contributed by atoms with Crippen LogP contribution in [0.3, 0.4) is 0 Å². The molecule has 3 aromatic rings. The van der Waals surface area contributed by atoms with E-state index in [1.165, 1.54) is 16.6 Å². The van der Waals surface area contributed by atoms with Crippen molar-refractivity contribution in [2.45, 2.75) is 33.2 Å². The van der Waals surface area contributed by atoms with Gasteiger partial charge in [-0.25, -0.2) is 9.78 Å². The Kier molecular flexibility index (Phi) is 5.43. The number of aromatic nitrogens is 2. The molecule has 4 rings (SSSR count). The molecule has 1 aromatic heterocycles. The first-order valence-corrected chi connectivity index (χ1v) is 10.2. The Morgan fingerprint density at radius 3 is 2.69 bits per heavy atom. The number of likely N-dealkylation sites (tertiary alicyclic amines) is 1. The number of rotatable bonds is 4. The summed E-state index contributed by atoms with van der Waals surface area (Å²) in [5.41, 5.74) is 5.59. The standard InChI is InChI=1S/C23H28N4O2/c1-16-11-21-22(12-17(16)2)27(15-24-21)14-18-7-9-26(10-8-18)23(28)25-19-5-4-6-20(13-19)29-3/h4-6,11-13,15,18H,7-10,14H2,1-3H3,(H,25,28). The number of benzene rings is 2. The molecule has 1 N–H and O–H groups in total. The van der Waals surface area contributed by atoms with E-state index in [2.05, 4.69) is 40.8 Å². The number of carbonyl (C=O) groups excluding carboxylic acids is 1. The largest absolute Gasteiger partial charge is 0.497 e. The van der Waals surface area contributed by atoms with Gasteiger partial charge in [-0.3, -0.25) is 0 Å². The Balaban J connectivity index is 1.34. The first-order valence-electron chi connectivity index (χ1n) is 10.2. The van der Waals surface area contributed by atoms with E-state index in [4.69, 9.17) is 4.74 Å². The summed E-state index contributed by atoms with van der Waals surface area (Å²) in [5, 5.41) is 2.97. The second-order valence-corrected chi connectivity index (χ2v) is 7.91. The first kappa shape index (κ1) is 19.3. The predicted molar refractivity (Wildman–Crippen MR) is 116 cm³/mol. The molecule has 0 radical (unpaired) electrons. The molecule has 2 aromatic carbocycles. The lowest BCUT2D eigenvalue weighted by atomic mass is 9.97. The summed E-state index contributed by atoms with van der Waals surface area (Å²) in [6, 6.07) is 11.8. The van der Waals surface area contributed by atoms with Crippen LogP contribution in [-0.2, 0) is 6.54 Å². The molecule has 6 heteroatoms. The molecule has 0 bridgehead atoms. The van der Waals surface area contributed by atoms with Crippen molar-refractivity contribution in [3.05, 3.63) is 53.9 Å². The van der Waals surface area contributed by atoms with Crippen molar-refractivity contribution in [1.29, 1.82) is 0 Å². The Morgan fingerprint density at radius 1 is 1.17 bits per heavy atom. The van der Waals surface area contributed by atoms with Gasteiger partial charge < -0.3 is 19.5 Å². The summed E-state index contributed by atoms with van der Waals surface area (Å²) in [7, 11) is 1.62. The predicted octanol–water partition coefficient (Wildman–Crippen LogP) is 4.61. The van der Waals surface area contributed by atoms with Crippen LogP contribution in [0.15, 0.2) is 42.7 Å². The SMILES string of the molecule is COc1cccc(NC(=O)N2CCC(Cn3cnc4cc(C)c(C)cc43)CC2)c1. The smallest absolute Gasteiger partial charge is 0.321 e. The van der Waals surface area contributed by atoms with E-state index in [9.17, 15) is 4.79 Å². The summed E-state index contributed by atoms with van der Waals surface area (Å²) < 4.78 is 7.48. The van der Waals surface area contributed by atoms with Crippen LogP contribution in [0.1, 0.15) is 24.0 Å². The lowest BCUT2D eigenvalue weighted by Gasteiger charge is -2.32. The van der Waals surface area contributed by atoms with E-state index in [1.807, 2.05) is 35.5 Å². The van der Waals surface area contributed by atoms with E-state index < -0.39 is 0 Å². The number of fused-ring (bicyclic) bond motifs is 1. The van der Waals surface area contributed by atoms with Crippen LogP contribution in [0.4, 0.5) is 10.5 Å². The van der Waals surface area contributed by atoms with Crippen LogP contribution in [-0.4, -0.2) is 40.7 Å². The van der Waals surface area contributed by atoms with Crippen molar-refractivity contribution >= 4 is 22.8 Å². The first-order chi connectivity index (χ1) is 14.0. The van der Waals surface area contributed by atoms with Gasteiger partial charge in [0.15, 0.2) is 0 Å². The van der Waals surface area contributed by atoms with Crippen LogP contribution < -0.4 is 10.1 Å². The van der Waals surface area contributed by atoms with Crippen molar-refractivity contribution in [3.63, 3.8) is 0 Å². The summed E-state index contributed by atoms with van der Waals surface area (Å²) in [6.07, 6.45) is 3.94. The number of anilines is 1. The zero-order chi connectivity index (χ0) is 20.4. The number of nitrogens with one attached hydrogen (secondary N) is 1. The van der Waals surface area contributed by atoms with Gasteiger partial charge >= 0.3 is 6.03 Å². The molecule has 29 heavy (non-hydrogen) atoms. The molecular weight excluding hydrogens is 364 g/mol. The van der Waals surface area contributed by atoms with E-state index >= 15 is 0 Å². The summed E-state index contributed by atoms with van der Waals surface area (Å²) in [5.74, 6) is 1.29. The number of nitrogens with zero attached hydrogens (tertiary/aromatic N) is 3. The van der Waals surface area contributed by atoms with Crippen molar-refractivity contribution in [1.82, 2.24) is 14.5 Å². The van der Waals surface area contributed by atoms with Gasteiger partial charge in [-0.05, 0) is 68.0 Å². The fourth-order valence-electron chi connectivity index (χ4n) is 3.96. The molecule has 1 saturated heterocycles. The Bertz CT molecular complexity index is 1020. The Hall–Kier alpha value is -3.02. The van der Waals surface area contributed by atoms with Gasteiger partial charge in [-0.15, -0.1) is 0 Å². The minimum Gasteiger partial charge on any atom is -0.497 e. The topological polar surface area (TPSA) is 59.4 Å². The maximum absolute atomic E-state index is 12.6. The molecule has 0 atom stereocenters. The monoisotopic (exact) mass is 392 g/mol. The molecule has 0 spiro atoms. The molecule has 0 unspecified atom stereocenters. The number of ether oxygens (including phenoxy) is 1. The number of piperidine rings is 1. The molecule has 2 heterocycles. The van der Waals surface area contributed by atoms with Gasteiger partial charge in [0.1, 0.15) is 5.75 Å². The third kappa shape index (κ3) is 4.21. The number of amides is 2. The third-order valence-electron chi connectivity index (χ3n) is 5.91. The third-order valence-corrected chi connectivity index (χ3v) is 5.91. The van der Waals surface area contributed by atoms with Gasteiger partial charge in [-0.2, -0.15) is 0 Å². The van der Waals surface area contributed by atoms with Gasteiger partial charge in [0.2, 0.25) is 0 Å². The van der Waals surface area contributed by atoms with Crippen LogP contribution >= 0.6 is 0 Å². The highest BCUT2D eigenvalue weighted by Crippen LogP contribution is 2.24. The lowest BCUT2D eigenvalue weighted by Crippen LogP contribution is -2.41. The highest BCUT2D eigenvalue weighted by molar-refractivity contribution is 5.89. The fraction of sp³-hybridized carbons (Fsp3) is 0.391. The van der Waals surface area contributed by atoms with Crippen molar-refractivity contribution < 1.29 is 9.53 Å². The quantitative estimate of drug-likeness (QED) is 0.706. The van der Waals surface area contributed by atoms with E-state index in [1.54, 1.807) is 7.11 Å². The van der Waals surface area contributed by atoms with Crippen molar-refractivity contribution in [2.75, 3.05) is 25.5 Å². The van der Waals surface area contributed by atoms with Crippen LogP contribution in [0.2, 0.25) is 0 Å². The molecule has 6 nitrogen and oxygen atoms in total. The van der Waals surface area contributed by atoms with Crippen LogP contribution in [0.5, 0.6) is 5.75 Å². The number of hydrogen-bond donors (Lipinski definition) is 1. The molecule has 0 saturated carbocycles. The normalized spacial score (nSPS) is 14.9. The average Bonchev–Trinajstić information content (AvgIpc) is 3.10. The number of methoxy groups -OCH3 is 1. The molecular formula is C23H28N4O2. The number of hydrogen-bond acceptors (Lipinski definition) is 3. The van der Waals surface area contributed by atoms with E-state index in [-0.39, 0.29) is 6.03 Å². The second-order valence-electron chi connectivity index (χ2n) is 7.91. The highest BCUT2D eigenvalue weighted by Gasteiger charge is 2.23. The summed E-state index contributed by atoms with van der Waals surface area (Å²) in [6.45, 7) is 6.76. The Labute approximate surface area is 171 Å². The molecule has 152 valence electrons. The second kappa shape index (κ2) is 8.15. The highest BCUT2D eigenvalue weighted by atomic mass is 16.5. The lowest BCUT2D eigenvalue weighted by molar-refractivity contribution is 0.177. The number of carbonyl (C=O) groups is 1. The molecule has 0 aliphatic carbocycles. The minimum atomic E-state index is -0.0455. The molecule has 1 aliphatic rings. The summed E-state index contributed by atoms with van der Waals surface area (Å²) in [4.78, 5) is 19.1. The van der Waals surface area contributed by atoms with Gasteiger partial charge in [0.25, 0.3) is 0 Å².